The second-order valence-corrected chi connectivity index (χ2v) is 14.7. The van der Waals surface area contributed by atoms with Gasteiger partial charge in [-0.05, 0) is 60.6 Å². The molecule has 0 saturated heterocycles. The zero-order chi connectivity index (χ0) is 28.8. The summed E-state index contributed by atoms with van der Waals surface area (Å²) in [5.74, 6) is 1.83. The highest BCUT2D eigenvalue weighted by Crippen LogP contribution is 2.46. The fraction of sp³-hybridized carbons (Fsp3) is 0.0769. The number of fused-ring (bicyclic) bond motifs is 3. The van der Waals surface area contributed by atoms with E-state index in [0.29, 0.717) is 13.2 Å². The SMILES string of the molecule is c1ccc(P(c2ccccc2)c2ccc3c(c2P(c2ccccc2)c2ccccc2)-c2ccccc2OCCCO3)cc1. The Kier molecular flexibility index (Phi) is 8.32. The minimum absolute atomic E-state index is 0.612. The molecule has 0 N–H and O–H groups in total. The van der Waals surface area contributed by atoms with Crippen LogP contribution in [0.1, 0.15) is 6.42 Å². The van der Waals surface area contributed by atoms with Crippen LogP contribution in [0.4, 0.5) is 0 Å². The predicted molar refractivity (Wildman–Crippen MR) is 185 cm³/mol. The molecule has 2 nitrogen and oxygen atoms in total. The molecule has 0 unspecified atom stereocenters. The van der Waals surface area contributed by atoms with Gasteiger partial charge in [0.25, 0.3) is 0 Å². The molecule has 7 rings (SSSR count). The summed E-state index contributed by atoms with van der Waals surface area (Å²) in [5, 5.41) is 7.97. The number of hydrogen-bond donors (Lipinski definition) is 0. The molecular formula is C39H32O2P2. The van der Waals surface area contributed by atoms with E-state index in [1.54, 1.807) is 0 Å². The largest absolute Gasteiger partial charge is 0.493 e. The fourth-order valence-electron chi connectivity index (χ4n) is 5.71. The van der Waals surface area contributed by atoms with Gasteiger partial charge in [0.15, 0.2) is 0 Å². The van der Waals surface area contributed by atoms with Crippen LogP contribution in [0.3, 0.4) is 0 Å². The quantitative estimate of drug-likeness (QED) is 0.193. The van der Waals surface area contributed by atoms with Crippen molar-refractivity contribution in [3.8, 4) is 22.6 Å². The molecule has 6 aromatic rings. The highest BCUT2D eigenvalue weighted by Gasteiger charge is 2.32. The van der Waals surface area contributed by atoms with E-state index in [2.05, 4.69) is 158 Å². The zero-order valence-electron chi connectivity index (χ0n) is 23.8. The summed E-state index contributed by atoms with van der Waals surface area (Å²) < 4.78 is 13.0. The van der Waals surface area contributed by atoms with E-state index in [9.17, 15) is 0 Å². The molecule has 0 amide bonds. The van der Waals surface area contributed by atoms with Crippen LogP contribution in [-0.2, 0) is 0 Å². The number of ether oxygens (including phenoxy) is 2. The maximum Gasteiger partial charge on any atom is 0.127 e. The minimum atomic E-state index is -0.968. The lowest BCUT2D eigenvalue weighted by Crippen LogP contribution is -2.36. The molecule has 6 aromatic carbocycles. The predicted octanol–water partition coefficient (Wildman–Crippen LogP) is 7.03. The lowest BCUT2D eigenvalue weighted by Gasteiger charge is -2.31. The van der Waals surface area contributed by atoms with Crippen LogP contribution in [0.2, 0.25) is 0 Å². The molecule has 0 saturated carbocycles. The fourth-order valence-corrected chi connectivity index (χ4v) is 11.2. The van der Waals surface area contributed by atoms with Gasteiger partial charge in [-0.1, -0.05) is 140 Å². The summed E-state index contributed by atoms with van der Waals surface area (Å²) in [4.78, 5) is 0. The van der Waals surface area contributed by atoms with Crippen molar-refractivity contribution >= 4 is 47.7 Å². The minimum Gasteiger partial charge on any atom is -0.493 e. The van der Waals surface area contributed by atoms with Crippen LogP contribution in [0.15, 0.2) is 158 Å². The standard InChI is InChI=1S/C39H32O2P2/c1-5-16-30(17-6-1)42(31-18-7-2-8-19-31)37-27-26-36-38(34-24-13-14-25-35(34)40-28-15-29-41-36)39(37)43(32-20-9-3-10-21-32)33-22-11-4-12-23-33/h1-14,16-27H,15,28-29H2. The Balaban J connectivity index is 1.62. The highest BCUT2D eigenvalue weighted by atomic mass is 31.1. The van der Waals surface area contributed by atoms with Gasteiger partial charge in [-0.2, -0.15) is 0 Å². The molecule has 0 atom stereocenters. The first-order valence-corrected chi connectivity index (χ1v) is 17.4. The molecule has 0 spiro atoms. The van der Waals surface area contributed by atoms with E-state index in [-0.39, 0.29) is 0 Å². The smallest absolute Gasteiger partial charge is 0.127 e. The van der Waals surface area contributed by atoms with Gasteiger partial charge in [-0.15, -0.1) is 0 Å². The van der Waals surface area contributed by atoms with Crippen molar-refractivity contribution in [2.45, 2.75) is 6.42 Å². The Morgan fingerprint density at radius 2 is 0.837 bits per heavy atom. The summed E-state index contributed by atoms with van der Waals surface area (Å²) in [7, 11) is -1.85. The van der Waals surface area contributed by atoms with Crippen LogP contribution in [0, 0.1) is 0 Å². The Morgan fingerprint density at radius 3 is 1.37 bits per heavy atom. The molecule has 1 heterocycles. The van der Waals surface area contributed by atoms with Crippen LogP contribution in [-0.4, -0.2) is 13.2 Å². The first-order chi connectivity index (χ1) is 21.4. The maximum absolute atomic E-state index is 6.61. The Morgan fingerprint density at radius 1 is 0.395 bits per heavy atom. The van der Waals surface area contributed by atoms with Gasteiger partial charge in [0.1, 0.15) is 11.5 Å². The molecule has 0 fully saturated rings. The molecule has 0 aliphatic carbocycles. The van der Waals surface area contributed by atoms with Crippen LogP contribution in [0.5, 0.6) is 11.5 Å². The van der Waals surface area contributed by atoms with Gasteiger partial charge < -0.3 is 9.47 Å². The summed E-state index contributed by atoms with van der Waals surface area (Å²) in [6.07, 6.45) is 0.831. The number of rotatable bonds is 6. The molecule has 43 heavy (non-hydrogen) atoms. The Bertz CT molecular complexity index is 1710. The Hall–Kier alpha value is -4.22. The molecular weight excluding hydrogens is 562 g/mol. The van der Waals surface area contributed by atoms with Crippen LogP contribution < -0.4 is 41.3 Å². The molecule has 0 aromatic heterocycles. The van der Waals surface area contributed by atoms with E-state index in [1.165, 1.54) is 31.8 Å². The summed E-state index contributed by atoms with van der Waals surface area (Å²) >= 11 is 0. The maximum atomic E-state index is 6.61. The lowest BCUT2D eigenvalue weighted by molar-refractivity contribution is 0.252. The normalized spacial score (nSPS) is 12.7. The average molecular weight is 595 g/mol. The van der Waals surface area contributed by atoms with Crippen LogP contribution >= 0.6 is 15.8 Å². The van der Waals surface area contributed by atoms with Crippen molar-refractivity contribution in [2.75, 3.05) is 13.2 Å². The molecule has 4 heteroatoms. The third-order valence-corrected chi connectivity index (χ3v) is 12.8. The second kappa shape index (κ2) is 13.0. The van der Waals surface area contributed by atoms with Crippen molar-refractivity contribution in [2.24, 2.45) is 0 Å². The van der Waals surface area contributed by atoms with Crippen molar-refractivity contribution in [3.63, 3.8) is 0 Å². The summed E-state index contributed by atoms with van der Waals surface area (Å²) in [5.41, 5.74) is 2.24. The van der Waals surface area contributed by atoms with E-state index < -0.39 is 15.8 Å². The molecule has 0 bridgehead atoms. The third-order valence-electron chi connectivity index (χ3n) is 7.60. The van der Waals surface area contributed by atoms with Crippen molar-refractivity contribution in [1.82, 2.24) is 0 Å². The topological polar surface area (TPSA) is 18.5 Å². The summed E-state index contributed by atoms with van der Waals surface area (Å²) in [6, 6.07) is 57.0. The van der Waals surface area contributed by atoms with E-state index in [0.717, 1.165) is 29.0 Å². The third kappa shape index (κ3) is 5.74. The van der Waals surface area contributed by atoms with E-state index >= 15 is 0 Å². The van der Waals surface area contributed by atoms with Gasteiger partial charge in [0.05, 0.1) is 13.2 Å². The highest BCUT2D eigenvalue weighted by molar-refractivity contribution is 7.85. The molecule has 0 radical (unpaired) electrons. The number of hydrogen-bond acceptors (Lipinski definition) is 2. The number of benzene rings is 6. The average Bonchev–Trinajstić information content (AvgIpc) is 3.17. The van der Waals surface area contributed by atoms with Gasteiger partial charge in [-0.25, -0.2) is 0 Å². The Labute approximate surface area is 256 Å². The van der Waals surface area contributed by atoms with E-state index in [4.69, 9.17) is 9.47 Å². The van der Waals surface area contributed by atoms with Gasteiger partial charge in [0.2, 0.25) is 0 Å². The van der Waals surface area contributed by atoms with Crippen LogP contribution in [0.25, 0.3) is 11.1 Å². The van der Waals surface area contributed by atoms with Gasteiger partial charge in [-0.3, -0.25) is 0 Å². The van der Waals surface area contributed by atoms with Crippen molar-refractivity contribution < 1.29 is 9.47 Å². The molecule has 210 valence electrons. The van der Waals surface area contributed by atoms with E-state index in [1.807, 2.05) is 0 Å². The van der Waals surface area contributed by atoms with Crippen molar-refractivity contribution in [1.29, 1.82) is 0 Å². The first-order valence-electron chi connectivity index (χ1n) is 14.7. The molecule has 1 aliphatic heterocycles. The zero-order valence-corrected chi connectivity index (χ0v) is 25.6. The summed E-state index contributed by atoms with van der Waals surface area (Å²) in [6.45, 7) is 1.24. The van der Waals surface area contributed by atoms with Gasteiger partial charge in [0, 0.05) is 22.9 Å². The lowest BCUT2D eigenvalue weighted by atomic mass is 10.0. The van der Waals surface area contributed by atoms with Crippen molar-refractivity contribution in [3.05, 3.63) is 158 Å². The molecule has 1 aliphatic rings. The first kappa shape index (κ1) is 27.6. The number of para-hydroxylation sites is 1. The monoisotopic (exact) mass is 594 g/mol. The van der Waals surface area contributed by atoms with Gasteiger partial charge >= 0.3 is 0 Å². The second-order valence-electron chi connectivity index (χ2n) is 10.4.